The van der Waals surface area contributed by atoms with E-state index in [2.05, 4.69) is 0 Å². The van der Waals surface area contributed by atoms with Crippen molar-refractivity contribution in [2.45, 2.75) is 32.4 Å². The molecule has 1 aromatic carbocycles. The molecule has 0 saturated carbocycles. The number of ether oxygens (including phenoxy) is 2. The van der Waals surface area contributed by atoms with Gasteiger partial charge < -0.3 is 14.6 Å². The molecule has 152 valence electrons. The summed E-state index contributed by atoms with van der Waals surface area (Å²) in [6, 6.07) is 6.38. The van der Waals surface area contributed by atoms with Crippen LogP contribution in [0.3, 0.4) is 0 Å². The number of hydrogen-bond acceptors (Lipinski definition) is 6. The smallest absolute Gasteiger partial charge is 0.271 e. The maximum atomic E-state index is 12.8. The Balaban J connectivity index is 1.93. The molecule has 0 aliphatic carbocycles. The van der Waals surface area contributed by atoms with E-state index in [-0.39, 0.29) is 40.1 Å². The summed E-state index contributed by atoms with van der Waals surface area (Å²) in [6.07, 6.45) is 1.31. The van der Waals surface area contributed by atoms with Crippen molar-refractivity contribution in [1.29, 1.82) is 5.26 Å². The van der Waals surface area contributed by atoms with Crippen LogP contribution in [0.25, 0.3) is 0 Å². The second kappa shape index (κ2) is 8.87. The summed E-state index contributed by atoms with van der Waals surface area (Å²) in [5.74, 6) is -0.851. The molecule has 2 heterocycles. The van der Waals surface area contributed by atoms with Crippen LogP contribution in [0.1, 0.15) is 34.3 Å². The van der Waals surface area contributed by atoms with Crippen LogP contribution in [0.2, 0.25) is 10.0 Å². The predicted octanol–water partition coefficient (Wildman–Crippen LogP) is 3.48. The van der Waals surface area contributed by atoms with Crippen LogP contribution in [0, 0.1) is 18.3 Å². The van der Waals surface area contributed by atoms with E-state index in [4.69, 9.17) is 32.7 Å². The lowest BCUT2D eigenvalue weighted by Gasteiger charge is -2.18. The molecule has 9 heteroatoms. The van der Waals surface area contributed by atoms with Gasteiger partial charge in [-0.25, -0.2) is 0 Å². The number of nitrogens with zero attached hydrogens (tertiary/aromatic N) is 2. The van der Waals surface area contributed by atoms with E-state index >= 15 is 0 Å². The summed E-state index contributed by atoms with van der Waals surface area (Å²) in [6.45, 7) is 1.62. The molecule has 1 fully saturated rings. The van der Waals surface area contributed by atoms with Crippen LogP contribution in [0.15, 0.2) is 23.0 Å². The number of pyridine rings is 1. The van der Waals surface area contributed by atoms with Gasteiger partial charge in [0.1, 0.15) is 17.4 Å². The fraction of sp³-hybridized carbons (Fsp3) is 0.350. The molecule has 0 spiro atoms. The number of aromatic nitrogens is 1. The number of carbonyl (C=O) groups excluding carboxylic acids is 1. The number of benzene rings is 1. The van der Waals surface area contributed by atoms with Gasteiger partial charge in [-0.05, 0) is 43.5 Å². The van der Waals surface area contributed by atoms with Crippen LogP contribution >= 0.6 is 23.2 Å². The molecular formula is C20H18Cl2N2O5. The third-order valence-corrected chi connectivity index (χ3v) is 5.27. The highest BCUT2D eigenvalue weighted by atomic mass is 35.5. The summed E-state index contributed by atoms with van der Waals surface area (Å²) < 4.78 is 12.0. The Labute approximate surface area is 177 Å². The third-order valence-electron chi connectivity index (χ3n) is 4.74. The molecule has 0 radical (unpaired) electrons. The molecule has 3 rings (SSSR count). The fourth-order valence-corrected chi connectivity index (χ4v) is 3.72. The van der Waals surface area contributed by atoms with Crippen molar-refractivity contribution in [2.24, 2.45) is 0 Å². The summed E-state index contributed by atoms with van der Waals surface area (Å²) in [7, 11) is 0. The lowest BCUT2D eigenvalue weighted by molar-refractivity contribution is 0.0894. The molecule has 0 amide bonds. The standard InChI is InChI=1S/C20H18Cl2N2O5/c1-11-14(8-23)19(26)24(9-13-3-2-6-28-13)20(27)18(11)16(25)10-29-17-5-4-12(21)7-15(17)22/h4-5,7,13,27H,2-3,6,9-10H2,1H3. The maximum absolute atomic E-state index is 12.8. The van der Waals surface area contributed by atoms with E-state index in [1.807, 2.05) is 6.07 Å². The van der Waals surface area contributed by atoms with E-state index in [1.54, 1.807) is 6.07 Å². The molecule has 29 heavy (non-hydrogen) atoms. The number of carbonyl (C=O) groups is 1. The predicted molar refractivity (Wildman–Crippen MR) is 107 cm³/mol. The monoisotopic (exact) mass is 436 g/mol. The molecule has 1 aliphatic heterocycles. The molecule has 1 atom stereocenters. The molecule has 1 unspecified atom stereocenters. The van der Waals surface area contributed by atoms with Gasteiger partial charge in [0.05, 0.1) is 23.2 Å². The first-order valence-corrected chi connectivity index (χ1v) is 9.68. The average molecular weight is 437 g/mol. The van der Waals surface area contributed by atoms with Crippen LogP contribution in [0.4, 0.5) is 0 Å². The Kier molecular flexibility index (Phi) is 6.48. The summed E-state index contributed by atoms with van der Waals surface area (Å²) in [4.78, 5) is 25.4. The number of hydrogen-bond donors (Lipinski definition) is 1. The Morgan fingerprint density at radius 2 is 2.21 bits per heavy atom. The van der Waals surface area contributed by atoms with Crippen molar-refractivity contribution in [3.63, 3.8) is 0 Å². The van der Waals surface area contributed by atoms with Crippen molar-refractivity contribution >= 4 is 29.0 Å². The largest absolute Gasteiger partial charge is 0.494 e. The van der Waals surface area contributed by atoms with E-state index < -0.39 is 23.8 Å². The minimum absolute atomic E-state index is 0.0593. The zero-order valence-electron chi connectivity index (χ0n) is 15.6. The zero-order chi connectivity index (χ0) is 21.1. The van der Waals surface area contributed by atoms with Crippen LogP contribution < -0.4 is 10.3 Å². The normalized spacial score (nSPS) is 15.9. The Morgan fingerprint density at radius 3 is 2.83 bits per heavy atom. The van der Waals surface area contributed by atoms with Gasteiger partial charge in [-0.1, -0.05) is 23.2 Å². The topological polar surface area (TPSA) is 102 Å². The lowest BCUT2D eigenvalue weighted by atomic mass is 10.0. The first-order valence-electron chi connectivity index (χ1n) is 8.92. The quantitative estimate of drug-likeness (QED) is 0.695. The summed E-state index contributed by atoms with van der Waals surface area (Å²) in [5, 5.41) is 20.7. The van der Waals surface area contributed by atoms with Crippen molar-refractivity contribution < 1.29 is 19.4 Å². The molecule has 1 N–H and O–H groups in total. The highest BCUT2D eigenvalue weighted by Gasteiger charge is 2.27. The van der Waals surface area contributed by atoms with Gasteiger partial charge >= 0.3 is 0 Å². The minimum Gasteiger partial charge on any atom is -0.494 e. The lowest BCUT2D eigenvalue weighted by Crippen LogP contribution is -2.31. The average Bonchev–Trinajstić information content (AvgIpc) is 3.18. The van der Waals surface area contributed by atoms with Gasteiger partial charge in [0.15, 0.2) is 6.61 Å². The number of aromatic hydroxyl groups is 1. The highest BCUT2D eigenvalue weighted by molar-refractivity contribution is 6.35. The molecule has 2 aromatic rings. The Morgan fingerprint density at radius 1 is 1.45 bits per heavy atom. The number of ketones is 1. The van der Waals surface area contributed by atoms with E-state index in [1.165, 1.54) is 19.1 Å². The van der Waals surface area contributed by atoms with Gasteiger partial charge in [-0.15, -0.1) is 0 Å². The van der Waals surface area contributed by atoms with E-state index in [0.29, 0.717) is 11.6 Å². The first kappa shape index (κ1) is 21.2. The van der Waals surface area contributed by atoms with Gasteiger partial charge in [0.2, 0.25) is 11.7 Å². The van der Waals surface area contributed by atoms with Gasteiger partial charge in [-0.3, -0.25) is 14.2 Å². The number of halogens is 2. The molecule has 1 aliphatic rings. The second-order valence-corrected chi connectivity index (χ2v) is 7.49. The second-order valence-electron chi connectivity index (χ2n) is 6.65. The third kappa shape index (κ3) is 4.40. The van der Waals surface area contributed by atoms with E-state index in [9.17, 15) is 20.0 Å². The number of Topliss-reactive ketones (excluding diaryl/α,β-unsaturated/α-hetero) is 1. The fourth-order valence-electron chi connectivity index (χ4n) is 3.25. The molecule has 0 bridgehead atoms. The molecule has 1 saturated heterocycles. The maximum Gasteiger partial charge on any atom is 0.271 e. The summed E-state index contributed by atoms with van der Waals surface area (Å²) >= 11 is 11.9. The highest BCUT2D eigenvalue weighted by Crippen LogP contribution is 2.29. The summed E-state index contributed by atoms with van der Waals surface area (Å²) in [5.41, 5.74) is -0.886. The van der Waals surface area contributed by atoms with Crippen molar-refractivity contribution in [2.75, 3.05) is 13.2 Å². The Hall–Kier alpha value is -2.53. The van der Waals surface area contributed by atoms with Crippen LogP contribution in [-0.4, -0.2) is 34.8 Å². The van der Waals surface area contributed by atoms with Crippen LogP contribution in [-0.2, 0) is 11.3 Å². The number of rotatable bonds is 6. The molecule has 1 aromatic heterocycles. The SMILES string of the molecule is Cc1c(C(=O)COc2ccc(Cl)cc2Cl)c(O)n(CC2CCCO2)c(=O)c1C#N. The molecular weight excluding hydrogens is 419 g/mol. The van der Waals surface area contributed by atoms with Crippen molar-refractivity contribution in [1.82, 2.24) is 4.57 Å². The Bertz CT molecular complexity index is 1050. The minimum atomic E-state index is -0.656. The van der Waals surface area contributed by atoms with Gasteiger partial charge in [-0.2, -0.15) is 5.26 Å². The van der Waals surface area contributed by atoms with E-state index in [0.717, 1.165) is 17.4 Å². The zero-order valence-corrected chi connectivity index (χ0v) is 17.1. The number of nitriles is 1. The van der Waals surface area contributed by atoms with Gasteiger partial charge in [0.25, 0.3) is 5.56 Å². The molecule has 7 nitrogen and oxygen atoms in total. The van der Waals surface area contributed by atoms with Gasteiger partial charge in [0, 0.05) is 11.6 Å². The first-order chi connectivity index (χ1) is 13.8. The van der Waals surface area contributed by atoms with Crippen molar-refractivity contribution in [3.8, 4) is 17.7 Å². The van der Waals surface area contributed by atoms with Crippen molar-refractivity contribution in [3.05, 3.63) is 55.3 Å². The van der Waals surface area contributed by atoms with Crippen LogP contribution in [0.5, 0.6) is 11.6 Å².